The highest BCUT2D eigenvalue weighted by atomic mass is 19.4. The number of benzene rings is 1. The Morgan fingerprint density at radius 2 is 1.93 bits per heavy atom. The lowest BCUT2D eigenvalue weighted by atomic mass is 9.86. The van der Waals surface area contributed by atoms with E-state index in [0.29, 0.717) is 24.9 Å². The number of rotatable bonds is 5. The molecule has 158 valence electrons. The number of hydrogen-bond donors (Lipinski definition) is 2. The maximum Gasteiger partial charge on any atom is 0.418 e. The summed E-state index contributed by atoms with van der Waals surface area (Å²) in [5.41, 5.74) is -1.21. The predicted octanol–water partition coefficient (Wildman–Crippen LogP) is 4.59. The summed E-state index contributed by atoms with van der Waals surface area (Å²) in [6.07, 6.45) is 0.744. The molecule has 3 aliphatic rings. The maximum atomic E-state index is 13.6. The molecule has 1 aromatic rings. The molecule has 1 aromatic carbocycles. The molecule has 8 heteroatoms. The summed E-state index contributed by atoms with van der Waals surface area (Å²) in [6, 6.07) is 3.43. The molecule has 2 amide bonds. The van der Waals surface area contributed by atoms with Gasteiger partial charge in [0.2, 0.25) is 5.91 Å². The van der Waals surface area contributed by atoms with Crippen molar-refractivity contribution in [1.29, 1.82) is 0 Å². The van der Waals surface area contributed by atoms with E-state index >= 15 is 0 Å². The van der Waals surface area contributed by atoms with Gasteiger partial charge >= 0.3 is 6.18 Å². The summed E-state index contributed by atoms with van der Waals surface area (Å²) in [4.78, 5) is 24.5. The molecule has 1 saturated heterocycles. The number of ether oxygens (including phenoxy) is 1. The predicted molar refractivity (Wildman–Crippen MR) is 101 cm³/mol. The van der Waals surface area contributed by atoms with Gasteiger partial charge in [-0.25, -0.2) is 0 Å². The second-order valence-electron chi connectivity index (χ2n) is 8.44. The molecule has 1 heterocycles. The van der Waals surface area contributed by atoms with Gasteiger partial charge in [-0.3, -0.25) is 9.59 Å². The number of carbonyl (C=O) groups is 2. The molecule has 0 spiro atoms. The summed E-state index contributed by atoms with van der Waals surface area (Å²) in [6.45, 7) is 0.472. The topological polar surface area (TPSA) is 67.4 Å². The van der Waals surface area contributed by atoms with Gasteiger partial charge in [-0.2, -0.15) is 13.2 Å². The van der Waals surface area contributed by atoms with Crippen molar-refractivity contribution >= 4 is 23.2 Å². The van der Waals surface area contributed by atoms with E-state index in [1.54, 1.807) is 0 Å². The average molecular weight is 410 g/mol. The molecule has 2 bridgehead atoms. The molecule has 5 nitrogen and oxygen atoms in total. The first-order chi connectivity index (χ1) is 13.8. The van der Waals surface area contributed by atoms with Crippen molar-refractivity contribution in [3.8, 4) is 0 Å². The Hall–Kier alpha value is -2.09. The molecule has 4 rings (SSSR count). The van der Waals surface area contributed by atoms with E-state index in [-0.39, 0.29) is 29.6 Å². The van der Waals surface area contributed by atoms with Crippen LogP contribution in [0, 0.1) is 17.8 Å². The standard InChI is InChI=1S/C21H25F3N2O3/c22-21(23,24)16-11-15(25-20(28)18-2-1-7-29-18)5-6-17(16)26-19(27)10-14-9-12-3-4-13(14)8-12/h5-6,11-14,18H,1-4,7-10H2,(H,25,28)(H,26,27). The Kier molecular flexibility index (Phi) is 5.55. The van der Waals surface area contributed by atoms with E-state index in [0.717, 1.165) is 31.7 Å². The summed E-state index contributed by atoms with van der Waals surface area (Å²) in [5, 5.41) is 4.92. The van der Waals surface area contributed by atoms with Crippen molar-refractivity contribution in [2.45, 2.75) is 57.2 Å². The second-order valence-corrected chi connectivity index (χ2v) is 8.44. The van der Waals surface area contributed by atoms with Gasteiger partial charge < -0.3 is 15.4 Å². The van der Waals surface area contributed by atoms with Crippen molar-refractivity contribution in [3.63, 3.8) is 0 Å². The first-order valence-electron chi connectivity index (χ1n) is 10.2. The Bertz CT molecular complexity index is 790. The van der Waals surface area contributed by atoms with Gasteiger partial charge in [-0.15, -0.1) is 0 Å². The number of fused-ring (bicyclic) bond motifs is 2. The lowest BCUT2D eigenvalue weighted by Crippen LogP contribution is -2.27. The van der Waals surface area contributed by atoms with Crippen LogP contribution < -0.4 is 10.6 Å². The van der Waals surface area contributed by atoms with Crippen LogP contribution in [0.1, 0.15) is 50.5 Å². The molecule has 4 atom stereocenters. The molecule has 0 aromatic heterocycles. The molecule has 0 radical (unpaired) electrons. The minimum Gasteiger partial charge on any atom is -0.368 e. The van der Waals surface area contributed by atoms with Crippen molar-refractivity contribution in [2.24, 2.45) is 17.8 Å². The summed E-state index contributed by atoms with van der Waals surface area (Å²) < 4.78 is 45.9. The van der Waals surface area contributed by atoms with Gasteiger partial charge in [-0.1, -0.05) is 6.42 Å². The molecule has 1 aliphatic heterocycles. The van der Waals surface area contributed by atoms with Gasteiger partial charge in [0.15, 0.2) is 0 Å². The lowest BCUT2D eigenvalue weighted by molar-refractivity contribution is -0.137. The highest BCUT2D eigenvalue weighted by Crippen LogP contribution is 2.49. The molecule has 4 unspecified atom stereocenters. The lowest BCUT2D eigenvalue weighted by Gasteiger charge is -2.22. The van der Waals surface area contributed by atoms with Crippen molar-refractivity contribution < 1.29 is 27.5 Å². The van der Waals surface area contributed by atoms with Crippen molar-refractivity contribution in [3.05, 3.63) is 23.8 Å². The fraction of sp³-hybridized carbons (Fsp3) is 0.619. The SMILES string of the molecule is O=C(CC1CC2CCC1C2)Nc1ccc(NC(=O)C2CCCO2)cc1C(F)(F)F. The molecule has 3 fully saturated rings. The Morgan fingerprint density at radius 1 is 1.10 bits per heavy atom. The van der Waals surface area contributed by atoms with E-state index in [1.807, 2.05) is 0 Å². The van der Waals surface area contributed by atoms with Crippen LogP contribution in [0.25, 0.3) is 0 Å². The van der Waals surface area contributed by atoms with Gasteiger partial charge in [0.1, 0.15) is 6.10 Å². The Balaban J connectivity index is 1.44. The fourth-order valence-electron chi connectivity index (χ4n) is 5.04. The van der Waals surface area contributed by atoms with Crippen LogP contribution in [-0.4, -0.2) is 24.5 Å². The van der Waals surface area contributed by atoms with Crippen LogP contribution in [0.15, 0.2) is 18.2 Å². The third-order valence-corrected chi connectivity index (χ3v) is 6.42. The highest BCUT2D eigenvalue weighted by molar-refractivity contribution is 5.96. The first-order valence-corrected chi connectivity index (χ1v) is 10.2. The number of amides is 2. The van der Waals surface area contributed by atoms with E-state index < -0.39 is 23.8 Å². The van der Waals surface area contributed by atoms with E-state index in [9.17, 15) is 22.8 Å². The smallest absolute Gasteiger partial charge is 0.368 e. The Labute approximate surface area is 167 Å². The van der Waals surface area contributed by atoms with Gasteiger partial charge in [0.05, 0.1) is 11.3 Å². The van der Waals surface area contributed by atoms with Crippen LogP contribution in [0.5, 0.6) is 0 Å². The van der Waals surface area contributed by atoms with E-state index in [2.05, 4.69) is 10.6 Å². The molecular formula is C21H25F3N2O3. The maximum absolute atomic E-state index is 13.6. The average Bonchev–Trinajstić information content (AvgIpc) is 3.40. The molecular weight excluding hydrogens is 385 g/mol. The number of alkyl halides is 3. The van der Waals surface area contributed by atoms with Gasteiger partial charge in [0, 0.05) is 18.7 Å². The van der Waals surface area contributed by atoms with Crippen LogP contribution in [-0.2, 0) is 20.5 Å². The monoisotopic (exact) mass is 410 g/mol. The summed E-state index contributed by atoms with van der Waals surface area (Å²) in [7, 11) is 0. The van der Waals surface area contributed by atoms with E-state index in [1.165, 1.54) is 18.6 Å². The molecule has 2 aliphatic carbocycles. The third kappa shape index (κ3) is 4.57. The summed E-state index contributed by atoms with van der Waals surface area (Å²) >= 11 is 0. The zero-order chi connectivity index (χ0) is 20.6. The second kappa shape index (κ2) is 7.97. The van der Waals surface area contributed by atoms with E-state index in [4.69, 9.17) is 4.74 Å². The third-order valence-electron chi connectivity index (χ3n) is 6.42. The van der Waals surface area contributed by atoms with Crippen LogP contribution in [0.3, 0.4) is 0 Å². The van der Waals surface area contributed by atoms with Gasteiger partial charge in [-0.05, 0) is 68.1 Å². The summed E-state index contributed by atoms with van der Waals surface area (Å²) in [5.74, 6) is 0.638. The zero-order valence-electron chi connectivity index (χ0n) is 16.1. The van der Waals surface area contributed by atoms with Crippen LogP contribution in [0.4, 0.5) is 24.5 Å². The normalized spacial score (nSPS) is 28.5. The molecule has 29 heavy (non-hydrogen) atoms. The van der Waals surface area contributed by atoms with Crippen molar-refractivity contribution in [1.82, 2.24) is 0 Å². The molecule has 2 saturated carbocycles. The zero-order valence-corrected chi connectivity index (χ0v) is 16.1. The molecule has 2 N–H and O–H groups in total. The van der Waals surface area contributed by atoms with Crippen LogP contribution >= 0.6 is 0 Å². The largest absolute Gasteiger partial charge is 0.418 e. The Morgan fingerprint density at radius 3 is 2.55 bits per heavy atom. The number of hydrogen-bond acceptors (Lipinski definition) is 3. The highest BCUT2D eigenvalue weighted by Gasteiger charge is 2.40. The number of halogens is 3. The number of carbonyl (C=O) groups excluding carboxylic acids is 2. The van der Waals surface area contributed by atoms with Crippen LogP contribution in [0.2, 0.25) is 0 Å². The first kappa shape index (κ1) is 20.2. The van der Waals surface area contributed by atoms with Crippen molar-refractivity contribution in [2.75, 3.05) is 17.2 Å². The van der Waals surface area contributed by atoms with Gasteiger partial charge in [0.25, 0.3) is 5.91 Å². The fourth-order valence-corrected chi connectivity index (χ4v) is 5.04. The number of anilines is 2. The minimum absolute atomic E-state index is 0.0314. The number of nitrogens with one attached hydrogen (secondary N) is 2. The quantitative estimate of drug-likeness (QED) is 0.746. The minimum atomic E-state index is -4.65.